The average molecular weight is 799 g/mol. The third-order valence-electron chi connectivity index (χ3n) is 15.2. The summed E-state index contributed by atoms with van der Waals surface area (Å²) in [6, 6.07) is 29.8. The minimum absolute atomic E-state index is 0.00992. The lowest BCUT2D eigenvalue weighted by Crippen LogP contribution is -2.61. The number of benzene rings is 5. The fourth-order valence-corrected chi connectivity index (χ4v) is 12.5. The van der Waals surface area contributed by atoms with E-state index in [1.54, 1.807) is 0 Å². The molecule has 4 aliphatic rings. The summed E-state index contributed by atoms with van der Waals surface area (Å²) in [6.45, 7) is 30.5. The molecule has 0 unspecified atom stereocenters. The maximum Gasteiger partial charge on any atom is 0.264 e. The van der Waals surface area contributed by atoms with Crippen LogP contribution in [0.15, 0.2) is 78.9 Å². The number of fused-ring (bicyclic) bond motifs is 8. The Labute approximate surface area is 356 Å². The van der Waals surface area contributed by atoms with Crippen LogP contribution in [0.25, 0.3) is 10.1 Å². The van der Waals surface area contributed by atoms with E-state index in [4.69, 9.17) is 0 Å². The highest BCUT2D eigenvalue weighted by Crippen LogP contribution is 2.54. The van der Waals surface area contributed by atoms with E-state index in [1.807, 2.05) is 23.5 Å². The normalized spacial score (nSPS) is 19.2. The van der Waals surface area contributed by atoms with Gasteiger partial charge in [0.2, 0.25) is 0 Å². The standard InChI is InChI=1S/C54H60BFN2S/c1-31-14-19-46-36(24-31)48-49(59-46)55-41-29-39-40(54(12,13)23-22-53(39,10)11)30-43(41)57(35-16-17-37-38(28-35)52(8,9)21-20-51(37,6)7)44-26-34(56)27-45(47(44)55)58(48)42-18-15-33(25-32(42)2)50(3,4)5/h14-19,24-30H,20-23H2,1-13H3. The molecule has 2 nitrogen and oxygen atoms in total. The number of anilines is 6. The van der Waals surface area contributed by atoms with Gasteiger partial charge >= 0.3 is 0 Å². The summed E-state index contributed by atoms with van der Waals surface area (Å²) in [5, 5.41) is 1.24. The second-order valence-corrected chi connectivity index (χ2v) is 23.3. The van der Waals surface area contributed by atoms with E-state index in [1.165, 1.54) is 76.1 Å². The van der Waals surface area contributed by atoms with Crippen molar-refractivity contribution >= 4 is 78.0 Å². The molecule has 2 aliphatic heterocycles. The van der Waals surface area contributed by atoms with E-state index in [2.05, 4.69) is 167 Å². The maximum atomic E-state index is 17.0. The van der Waals surface area contributed by atoms with E-state index in [-0.39, 0.29) is 39.6 Å². The van der Waals surface area contributed by atoms with Gasteiger partial charge in [-0.3, -0.25) is 0 Å². The molecule has 0 N–H and O–H groups in total. The van der Waals surface area contributed by atoms with Crippen LogP contribution in [0.3, 0.4) is 0 Å². The van der Waals surface area contributed by atoms with Crippen LogP contribution in [0.4, 0.5) is 38.5 Å². The Hall–Kier alpha value is -4.35. The van der Waals surface area contributed by atoms with Crippen LogP contribution in [0.2, 0.25) is 0 Å². The third-order valence-corrected chi connectivity index (χ3v) is 16.4. The molecule has 0 saturated carbocycles. The molecule has 5 aromatic carbocycles. The predicted molar refractivity (Wildman–Crippen MR) is 255 cm³/mol. The molecule has 6 aromatic rings. The van der Waals surface area contributed by atoms with Crippen LogP contribution in [0.1, 0.15) is 141 Å². The largest absolute Gasteiger partial charge is 0.311 e. The van der Waals surface area contributed by atoms with Crippen molar-refractivity contribution in [1.82, 2.24) is 0 Å². The first-order chi connectivity index (χ1) is 27.6. The molecule has 0 spiro atoms. The van der Waals surface area contributed by atoms with Gasteiger partial charge in [0.15, 0.2) is 0 Å². The van der Waals surface area contributed by atoms with Gasteiger partial charge in [-0.25, -0.2) is 4.39 Å². The summed E-state index contributed by atoms with van der Waals surface area (Å²) in [5.74, 6) is -0.210. The third kappa shape index (κ3) is 5.69. The zero-order chi connectivity index (χ0) is 41.9. The van der Waals surface area contributed by atoms with Crippen molar-refractivity contribution in [2.75, 3.05) is 9.80 Å². The molecule has 0 atom stereocenters. The van der Waals surface area contributed by atoms with Crippen molar-refractivity contribution in [2.45, 2.75) is 143 Å². The molecule has 5 heteroatoms. The molecule has 302 valence electrons. The summed E-state index contributed by atoms with van der Waals surface area (Å²) in [7, 11) is 0. The second-order valence-electron chi connectivity index (χ2n) is 22.2. The highest BCUT2D eigenvalue weighted by atomic mass is 32.1. The molecule has 0 radical (unpaired) electrons. The SMILES string of the molecule is Cc1ccc2sc3c(c2c1)N(c1ccc(C(C)(C)C)cc1C)c1cc(F)cc2c1B3c1cc3c(cc1N2c1ccc2c(c1)C(C)(C)CCC2(C)C)C(C)(C)CCC3(C)C. The predicted octanol–water partition coefficient (Wildman–Crippen LogP) is 13.7. The van der Waals surface area contributed by atoms with Crippen molar-refractivity contribution in [3.8, 4) is 0 Å². The van der Waals surface area contributed by atoms with Gasteiger partial charge in [0, 0.05) is 43.3 Å². The van der Waals surface area contributed by atoms with Crippen molar-refractivity contribution in [2.24, 2.45) is 0 Å². The monoisotopic (exact) mass is 798 g/mol. The summed E-state index contributed by atoms with van der Waals surface area (Å²) < 4.78 is 19.6. The molecule has 0 bridgehead atoms. The van der Waals surface area contributed by atoms with Gasteiger partial charge < -0.3 is 9.80 Å². The lowest BCUT2D eigenvalue weighted by Gasteiger charge is -2.47. The topological polar surface area (TPSA) is 6.48 Å². The Bertz CT molecular complexity index is 2780. The number of nitrogens with zero attached hydrogens (tertiary/aromatic N) is 2. The number of hydrogen-bond acceptors (Lipinski definition) is 3. The average Bonchev–Trinajstić information content (AvgIpc) is 3.52. The van der Waals surface area contributed by atoms with Crippen LogP contribution in [0.5, 0.6) is 0 Å². The van der Waals surface area contributed by atoms with Crippen molar-refractivity contribution in [1.29, 1.82) is 0 Å². The molecule has 0 fully saturated rings. The van der Waals surface area contributed by atoms with Crippen molar-refractivity contribution in [3.63, 3.8) is 0 Å². The Balaban J connectivity index is 1.33. The number of thiophene rings is 1. The van der Waals surface area contributed by atoms with Crippen LogP contribution >= 0.6 is 11.3 Å². The molecule has 0 saturated heterocycles. The quantitative estimate of drug-likeness (QED) is 0.161. The Morgan fingerprint density at radius 2 is 1.19 bits per heavy atom. The van der Waals surface area contributed by atoms with E-state index in [0.717, 1.165) is 48.4 Å². The van der Waals surface area contributed by atoms with Crippen molar-refractivity contribution in [3.05, 3.63) is 124 Å². The summed E-state index contributed by atoms with van der Waals surface area (Å²) >= 11 is 1.93. The Kier molecular flexibility index (Phi) is 8.14. The molecule has 2 aliphatic carbocycles. The number of halogens is 1. The first kappa shape index (κ1) is 38.8. The van der Waals surface area contributed by atoms with Crippen LogP contribution in [-0.2, 0) is 27.1 Å². The summed E-state index contributed by atoms with van der Waals surface area (Å²) in [4.78, 5) is 4.89. The lowest BCUT2D eigenvalue weighted by molar-refractivity contribution is 0.332. The van der Waals surface area contributed by atoms with Gasteiger partial charge in [-0.2, -0.15) is 0 Å². The minimum Gasteiger partial charge on any atom is -0.311 e. The molecule has 59 heavy (non-hydrogen) atoms. The molecule has 0 amide bonds. The number of aryl methyl sites for hydroxylation is 2. The number of hydrogen-bond donors (Lipinski definition) is 0. The zero-order valence-electron chi connectivity index (χ0n) is 37.6. The van der Waals surface area contributed by atoms with Crippen molar-refractivity contribution < 1.29 is 4.39 Å². The van der Waals surface area contributed by atoms with Gasteiger partial charge in [0.1, 0.15) is 5.82 Å². The molecule has 10 rings (SSSR count). The van der Waals surface area contributed by atoms with E-state index < -0.39 is 0 Å². The van der Waals surface area contributed by atoms with Gasteiger partial charge in [-0.1, -0.05) is 112 Å². The minimum atomic E-state index is -0.210. The second kappa shape index (κ2) is 12.4. The maximum absolute atomic E-state index is 17.0. The van der Waals surface area contributed by atoms with Crippen LogP contribution < -0.4 is 25.5 Å². The van der Waals surface area contributed by atoms with Gasteiger partial charge in [-0.05, 0) is 159 Å². The molecular formula is C54H60BFN2S. The first-order valence-corrected chi connectivity index (χ1v) is 22.8. The molecule has 3 heterocycles. The molecular weight excluding hydrogens is 738 g/mol. The highest BCUT2D eigenvalue weighted by molar-refractivity contribution is 7.33. The molecule has 1 aromatic heterocycles. The Morgan fingerprint density at radius 3 is 1.81 bits per heavy atom. The lowest BCUT2D eigenvalue weighted by atomic mass is 9.35. The summed E-state index contributed by atoms with van der Waals surface area (Å²) in [6.07, 6.45) is 4.58. The van der Waals surface area contributed by atoms with Crippen LogP contribution in [-0.4, -0.2) is 6.71 Å². The smallest absolute Gasteiger partial charge is 0.264 e. The number of rotatable bonds is 2. The fourth-order valence-electron chi connectivity index (χ4n) is 11.2. The van der Waals surface area contributed by atoms with Crippen LogP contribution in [0, 0.1) is 19.7 Å². The first-order valence-electron chi connectivity index (χ1n) is 22.0. The van der Waals surface area contributed by atoms with Gasteiger partial charge in [0.05, 0.1) is 5.69 Å². The van der Waals surface area contributed by atoms with Gasteiger partial charge in [-0.15, -0.1) is 11.3 Å². The highest BCUT2D eigenvalue weighted by Gasteiger charge is 2.48. The van der Waals surface area contributed by atoms with Gasteiger partial charge in [0.25, 0.3) is 6.71 Å². The zero-order valence-corrected chi connectivity index (χ0v) is 38.4. The van der Waals surface area contributed by atoms with E-state index >= 15 is 4.39 Å². The van der Waals surface area contributed by atoms with E-state index in [9.17, 15) is 0 Å². The Morgan fingerprint density at radius 1 is 0.593 bits per heavy atom. The van der Waals surface area contributed by atoms with E-state index in [0.29, 0.717) is 0 Å². The fraction of sp³-hybridized carbons (Fsp3) is 0.407. The summed E-state index contributed by atoms with van der Waals surface area (Å²) in [5.41, 5.74) is 18.7.